The molecule has 8 heteroatoms. The summed E-state index contributed by atoms with van der Waals surface area (Å²) in [6, 6.07) is 14.5. The molecule has 2 aromatic carbocycles. The minimum absolute atomic E-state index is 0.0915. The topological polar surface area (TPSA) is 66.5 Å². The zero-order chi connectivity index (χ0) is 24.2. The van der Waals surface area contributed by atoms with Crippen LogP contribution in [0.2, 0.25) is 0 Å². The van der Waals surface area contributed by atoms with Crippen molar-refractivity contribution < 1.29 is 19.0 Å². The van der Waals surface area contributed by atoms with Gasteiger partial charge in [0.2, 0.25) is 5.91 Å². The third kappa shape index (κ3) is 5.18. The van der Waals surface area contributed by atoms with E-state index >= 15 is 0 Å². The van der Waals surface area contributed by atoms with Crippen molar-refractivity contribution in [1.82, 2.24) is 10.2 Å². The molecule has 0 spiro atoms. The Bertz CT molecular complexity index is 1010. The summed E-state index contributed by atoms with van der Waals surface area (Å²) in [5.41, 5.74) is 3.57. The van der Waals surface area contributed by atoms with Gasteiger partial charge in [0.25, 0.3) is 0 Å². The summed E-state index contributed by atoms with van der Waals surface area (Å²) in [5, 5.41) is 3.25. The Morgan fingerprint density at radius 3 is 2.49 bits per heavy atom. The molecule has 1 N–H and O–H groups in total. The van der Waals surface area contributed by atoms with Crippen molar-refractivity contribution in [1.29, 1.82) is 0 Å². The average molecular weight is 481 g/mol. The molecule has 2 aromatic rings. The molecule has 0 saturated carbocycles. The molecular formula is C27H36N4O4. The summed E-state index contributed by atoms with van der Waals surface area (Å²) in [7, 11) is 3.39. The first-order valence-electron chi connectivity index (χ1n) is 12.6. The molecule has 3 heterocycles. The van der Waals surface area contributed by atoms with E-state index in [0.717, 1.165) is 76.1 Å². The number of morpholine rings is 1. The van der Waals surface area contributed by atoms with Crippen molar-refractivity contribution in [2.24, 2.45) is 5.92 Å². The highest BCUT2D eigenvalue weighted by molar-refractivity contribution is 5.82. The number of hydrogen-bond acceptors (Lipinski definition) is 7. The Morgan fingerprint density at radius 1 is 1.00 bits per heavy atom. The first-order valence-corrected chi connectivity index (χ1v) is 12.6. The summed E-state index contributed by atoms with van der Waals surface area (Å²) in [4.78, 5) is 20.7. The van der Waals surface area contributed by atoms with Crippen molar-refractivity contribution >= 4 is 17.3 Å². The van der Waals surface area contributed by atoms with E-state index in [1.807, 2.05) is 18.2 Å². The van der Waals surface area contributed by atoms with Crippen molar-refractivity contribution in [2.45, 2.75) is 12.5 Å². The molecule has 188 valence electrons. The Balaban J connectivity index is 1.33. The molecule has 1 amide bonds. The Morgan fingerprint density at radius 2 is 1.74 bits per heavy atom. The standard InChI is InChI=1S/C27H36N4O4/c1-33-22-7-4-21(5-8-22)30-11-12-31-25-18-23(34-2)6-3-20(25)17-24(26(31)19-30)27(32)28-9-10-29-13-15-35-16-14-29/h3-8,18,24,26H,9-17,19H2,1-2H3,(H,28,32)/t24-,26+/m0/s1. The highest BCUT2D eigenvalue weighted by atomic mass is 16.5. The number of carbonyl (C=O) groups excluding carboxylic acids is 1. The number of fused-ring (bicyclic) bond motifs is 3. The quantitative estimate of drug-likeness (QED) is 0.651. The van der Waals surface area contributed by atoms with Gasteiger partial charge in [-0.05, 0) is 42.3 Å². The van der Waals surface area contributed by atoms with E-state index in [1.165, 1.54) is 11.3 Å². The van der Waals surface area contributed by atoms with Crippen LogP contribution in [0.1, 0.15) is 5.56 Å². The largest absolute Gasteiger partial charge is 0.497 e. The lowest BCUT2D eigenvalue weighted by molar-refractivity contribution is -0.125. The zero-order valence-electron chi connectivity index (χ0n) is 20.7. The molecule has 0 aliphatic carbocycles. The number of ether oxygens (including phenoxy) is 3. The van der Waals surface area contributed by atoms with Crippen LogP contribution in [-0.4, -0.2) is 90.1 Å². The van der Waals surface area contributed by atoms with Crippen LogP contribution in [0.15, 0.2) is 42.5 Å². The van der Waals surface area contributed by atoms with Crippen LogP contribution < -0.4 is 24.6 Å². The van der Waals surface area contributed by atoms with E-state index in [0.29, 0.717) is 6.54 Å². The molecule has 8 nitrogen and oxygen atoms in total. The highest BCUT2D eigenvalue weighted by Crippen LogP contribution is 2.39. The van der Waals surface area contributed by atoms with Crippen molar-refractivity contribution in [2.75, 3.05) is 83.0 Å². The van der Waals surface area contributed by atoms with E-state index < -0.39 is 0 Å². The summed E-state index contributed by atoms with van der Waals surface area (Å²) in [5.74, 6) is 1.74. The average Bonchev–Trinajstić information content (AvgIpc) is 2.92. The normalized spacial score (nSPS) is 22.2. The number of anilines is 2. The fraction of sp³-hybridized carbons (Fsp3) is 0.519. The molecule has 0 aromatic heterocycles. The number of benzene rings is 2. The number of methoxy groups -OCH3 is 2. The second kappa shape index (κ2) is 10.7. The van der Waals surface area contributed by atoms with Gasteiger partial charge in [0.05, 0.1) is 39.4 Å². The van der Waals surface area contributed by atoms with Crippen LogP contribution in [0, 0.1) is 5.92 Å². The number of rotatable bonds is 7. The number of amides is 1. The smallest absolute Gasteiger partial charge is 0.225 e. The summed E-state index contributed by atoms with van der Waals surface area (Å²) in [6.45, 7) is 7.49. The van der Waals surface area contributed by atoms with Crippen molar-refractivity contribution in [3.8, 4) is 11.5 Å². The molecule has 3 aliphatic heterocycles. The van der Waals surface area contributed by atoms with Crippen LogP contribution >= 0.6 is 0 Å². The first kappa shape index (κ1) is 23.8. The summed E-state index contributed by atoms with van der Waals surface area (Å²) < 4.78 is 16.3. The maximum absolute atomic E-state index is 13.5. The van der Waals surface area contributed by atoms with Gasteiger partial charge in [-0.1, -0.05) is 6.07 Å². The second-order valence-corrected chi connectivity index (χ2v) is 9.46. The Kier molecular flexibility index (Phi) is 7.29. The molecule has 0 bridgehead atoms. The van der Waals surface area contributed by atoms with Gasteiger partial charge in [0, 0.05) is 63.3 Å². The van der Waals surface area contributed by atoms with Crippen LogP contribution in [0.25, 0.3) is 0 Å². The third-order valence-corrected chi connectivity index (χ3v) is 7.53. The highest BCUT2D eigenvalue weighted by Gasteiger charge is 2.41. The lowest BCUT2D eigenvalue weighted by atomic mass is 9.83. The summed E-state index contributed by atoms with van der Waals surface area (Å²) >= 11 is 0. The third-order valence-electron chi connectivity index (χ3n) is 7.53. The van der Waals surface area contributed by atoms with Gasteiger partial charge < -0.3 is 29.3 Å². The van der Waals surface area contributed by atoms with Gasteiger partial charge in [0.15, 0.2) is 0 Å². The van der Waals surface area contributed by atoms with E-state index in [-0.39, 0.29) is 17.9 Å². The van der Waals surface area contributed by atoms with E-state index in [1.54, 1.807) is 14.2 Å². The van der Waals surface area contributed by atoms with Crippen molar-refractivity contribution in [3.63, 3.8) is 0 Å². The van der Waals surface area contributed by atoms with Gasteiger partial charge >= 0.3 is 0 Å². The minimum atomic E-state index is -0.110. The predicted octanol–water partition coefficient (Wildman–Crippen LogP) is 2.02. The molecule has 5 rings (SSSR count). The lowest BCUT2D eigenvalue weighted by Gasteiger charge is -2.49. The molecule has 0 radical (unpaired) electrons. The van der Waals surface area contributed by atoms with Crippen LogP contribution in [0.4, 0.5) is 11.4 Å². The number of nitrogens with one attached hydrogen (secondary N) is 1. The first-order chi connectivity index (χ1) is 17.2. The van der Waals surface area contributed by atoms with Gasteiger partial charge in [-0.15, -0.1) is 0 Å². The Labute approximate surface area is 207 Å². The molecule has 0 unspecified atom stereocenters. The van der Waals surface area contributed by atoms with Gasteiger partial charge in [-0.2, -0.15) is 0 Å². The van der Waals surface area contributed by atoms with Gasteiger partial charge in [-0.25, -0.2) is 0 Å². The molecule has 3 aliphatic rings. The molecule has 2 fully saturated rings. The van der Waals surface area contributed by atoms with Gasteiger partial charge in [0.1, 0.15) is 11.5 Å². The minimum Gasteiger partial charge on any atom is -0.497 e. The van der Waals surface area contributed by atoms with Crippen LogP contribution in [0.3, 0.4) is 0 Å². The zero-order valence-corrected chi connectivity index (χ0v) is 20.7. The van der Waals surface area contributed by atoms with Crippen molar-refractivity contribution in [3.05, 3.63) is 48.0 Å². The number of nitrogens with zero attached hydrogens (tertiary/aromatic N) is 3. The number of hydrogen-bond donors (Lipinski definition) is 1. The van der Waals surface area contributed by atoms with E-state index in [4.69, 9.17) is 14.2 Å². The monoisotopic (exact) mass is 480 g/mol. The van der Waals surface area contributed by atoms with E-state index in [2.05, 4.69) is 44.3 Å². The molecule has 35 heavy (non-hydrogen) atoms. The lowest BCUT2D eigenvalue weighted by Crippen LogP contribution is -2.61. The van der Waals surface area contributed by atoms with E-state index in [9.17, 15) is 4.79 Å². The molecule has 2 atom stereocenters. The number of carbonyl (C=O) groups is 1. The summed E-state index contributed by atoms with van der Waals surface area (Å²) in [6.07, 6.45) is 0.736. The molecular weight excluding hydrogens is 444 g/mol. The number of piperazine rings is 1. The van der Waals surface area contributed by atoms with Gasteiger partial charge in [-0.3, -0.25) is 9.69 Å². The predicted molar refractivity (Wildman–Crippen MR) is 137 cm³/mol. The molecule has 2 saturated heterocycles. The van der Waals surface area contributed by atoms with Crippen LogP contribution in [0.5, 0.6) is 11.5 Å². The fourth-order valence-electron chi connectivity index (χ4n) is 5.53. The van der Waals surface area contributed by atoms with Crippen LogP contribution in [-0.2, 0) is 16.0 Å². The maximum Gasteiger partial charge on any atom is 0.225 e. The fourth-order valence-corrected chi connectivity index (χ4v) is 5.53. The maximum atomic E-state index is 13.5. The Hall–Kier alpha value is -2.97. The SMILES string of the molecule is COc1ccc(N2CCN3c4cc(OC)ccc4C[C@H](C(=O)NCCN4CCOCC4)[C@H]3C2)cc1. The second-order valence-electron chi connectivity index (χ2n) is 9.46.